The Morgan fingerprint density at radius 2 is 1.94 bits per heavy atom. The van der Waals surface area contributed by atoms with Crippen LogP contribution in [0.25, 0.3) is 0 Å². The number of amides is 2. The number of rotatable bonds is 3. The van der Waals surface area contributed by atoms with Crippen molar-refractivity contribution in [1.29, 1.82) is 0 Å². The molecule has 0 unspecified atom stereocenters. The van der Waals surface area contributed by atoms with Crippen molar-refractivity contribution < 1.29 is 19.4 Å². The van der Waals surface area contributed by atoms with E-state index >= 15 is 0 Å². The maximum absolute atomic E-state index is 13.5. The van der Waals surface area contributed by atoms with Crippen LogP contribution >= 0.6 is 11.6 Å². The highest BCUT2D eigenvalue weighted by molar-refractivity contribution is 6.33. The van der Waals surface area contributed by atoms with Gasteiger partial charge in [0.15, 0.2) is 0 Å². The first kappa shape index (κ1) is 20.8. The summed E-state index contributed by atoms with van der Waals surface area (Å²) in [6, 6.07) is 2.01. The molecule has 0 radical (unpaired) electrons. The summed E-state index contributed by atoms with van der Waals surface area (Å²) in [7, 11) is 0. The van der Waals surface area contributed by atoms with Crippen molar-refractivity contribution in [2.75, 3.05) is 42.6 Å². The Balaban J connectivity index is 1.31. The molecule has 1 N–H and O–H groups in total. The normalized spacial score (nSPS) is 31.6. The van der Waals surface area contributed by atoms with Gasteiger partial charge in [-0.05, 0) is 51.0 Å². The van der Waals surface area contributed by atoms with Gasteiger partial charge >= 0.3 is 6.09 Å². The number of nitrogens with zero attached hydrogens (tertiary/aromatic N) is 4. The lowest BCUT2D eigenvalue weighted by atomic mass is 9.78. The molecular weight excluding hydrogens is 420 g/mol. The number of carbonyl (C=O) groups excluding carboxylic acids is 2. The molecule has 168 valence electrons. The smallest absolute Gasteiger partial charge is 0.414 e. The standard InChI is InChI=1S/C22H29ClN4O4/c23-18-12-16(27-10-11-31-21(27)30)13-24-19(18)25-8-1-6-22(14-25)7-9-26(20(22)29)15-2-4-17(28)5-3-15/h12-13,15,17,28H,1-11,14H2/t15-,17+,22-/m1/s1. The van der Waals surface area contributed by atoms with E-state index in [4.69, 9.17) is 16.3 Å². The zero-order valence-electron chi connectivity index (χ0n) is 17.6. The van der Waals surface area contributed by atoms with Crippen molar-refractivity contribution in [2.24, 2.45) is 5.41 Å². The molecule has 4 heterocycles. The first-order valence-corrected chi connectivity index (χ1v) is 11.7. The van der Waals surface area contributed by atoms with Gasteiger partial charge < -0.3 is 19.6 Å². The largest absolute Gasteiger partial charge is 0.447 e. The van der Waals surface area contributed by atoms with E-state index in [2.05, 4.69) is 14.8 Å². The van der Waals surface area contributed by atoms with Crippen LogP contribution in [0.4, 0.5) is 16.3 Å². The predicted octanol–water partition coefficient (Wildman–Crippen LogP) is 2.81. The van der Waals surface area contributed by atoms with Gasteiger partial charge in [-0.3, -0.25) is 9.69 Å². The molecule has 1 atom stereocenters. The fraction of sp³-hybridized carbons (Fsp3) is 0.682. The number of halogens is 1. The van der Waals surface area contributed by atoms with E-state index in [0.717, 1.165) is 58.0 Å². The molecule has 3 aliphatic heterocycles. The van der Waals surface area contributed by atoms with Gasteiger partial charge in [0, 0.05) is 25.7 Å². The van der Waals surface area contributed by atoms with Crippen LogP contribution in [-0.4, -0.2) is 71.9 Å². The number of aliphatic hydroxyl groups excluding tert-OH is 1. The zero-order valence-corrected chi connectivity index (χ0v) is 18.4. The van der Waals surface area contributed by atoms with E-state index in [9.17, 15) is 14.7 Å². The van der Waals surface area contributed by atoms with Crippen molar-refractivity contribution in [3.05, 3.63) is 17.3 Å². The fourth-order valence-corrected chi connectivity index (χ4v) is 5.97. The third-order valence-electron chi connectivity index (χ3n) is 7.41. The molecule has 4 aliphatic rings. The minimum Gasteiger partial charge on any atom is -0.447 e. The van der Waals surface area contributed by atoms with Crippen LogP contribution in [0, 0.1) is 5.41 Å². The van der Waals surface area contributed by atoms with Crippen molar-refractivity contribution >= 4 is 35.1 Å². The molecule has 9 heteroatoms. The molecule has 31 heavy (non-hydrogen) atoms. The third-order valence-corrected chi connectivity index (χ3v) is 7.69. The molecule has 1 saturated carbocycles. The average Bonchev–Trinajstić information content (AvgIpc) is 3.33. The first-order chi connectivity index (χ1) is 15.0. The summed E-state index contributed by atoms with van der Waals surface area (Å²) in [4.78, 5) is 35.6. The van der Waals surface area contributed by atoms with Crippen molar-refractivity contribution in [3.8, 4) is 0 Å². The van der Waals surface area contributed by atoms with Gasteiger partial charge in [0.1, 0.15) is 12.4 Å². The number of carbonyl (C=O) groups is 2. The van der Waals surface area contributed by atoms with Gasteiger partial charge in [-0.15, -0.1) is 0 Å². The maximum atomic E-state index is 13.5. The molecule has 4 fully saturated rings. The number of ether oxygens (including phenoxy) is 1. The van der Waals surface area contributed by atoms with Crippen LogP contribution in [0.2, 0.25) is 5.02 Å². The number of aliphatic hydroxyl groups is 1. The van der Waals surface area contributed by atoms with E-state index in [-0.39, 0.29) is 29.6 Å². The summed E-state index contributed by atoms with van der Waals surface area (Å²) >= 11 is 6.58. The molecule has 1 aromatic heterocycles. The third kappa shape index (κ3) is 3.74. The topological polar surface area (TPSA) is 86.2 Å². The molecule has 1 aliphatic carbocycles. The van der Waals surface area contributed by atoms with Gasteiger partial charge in [0.25, 0.3) is 0 Å². The van der Waals surface area contributed by atoms with Crippen LogP contribution in [0.5, 0.6) is 0 Å². The number of hydrogen-bond donors (Lipinski definition) is 1. The molecule has 3 saturated heterocycles. The maximum Gasteiger partial charge on any atom is 0.414 e. The lowest BCUT2D eigenvalue weighted by Gasteiger charge is -2.41. The predicted molar refractivity (Wildman–Crippen MR) is 116 cm³/mol. The van der Waals surface area contributed by atoms with Gasteiger partial charge in [0.2, 0.25) is 5.91 Å². The van der Waals surface area contributed by atoms with Crippen LogP contribution in [-0.2, 0) is 9.53 Å². The number of anilines is 2. The quantitative estimate of drug-likeness (QED) is 0.765. The van der Waals surface area contributed by atoms with Crippen LogP contribution in [0.3, 0.4) is 0 Å². The summed E-state index contributed by atoms with van der Waals surface area (Å²) in [5.74, 6) is 0.926. The average molecular weight is 449 g/mol. The van der Waals surface area contributed by atoms with Gasteiger partial charge in [-0.2, -0.15) is 0 Å². The number of hydrogen-bond acceptors (Lipinski definition) is 6. The van der Waals surface area contributed by atoms with Gasteiger partial charge in [-0.25, -0.2) is 9.78 Å². The highest BCUT2D eigenvalue weighted by Gasteiger charge is 2.51. The first-order valence-electron chi connectivity index (χ1n) is 11.3. The number of aromatic nitrogens is 1. The molecule has 0 bridgehead atoms. The van der Waals surface area contributed by atoms with Crippen LogP contribution < -0.4 is 9.80 Å². The molecular formula is C22H29ClN4O4. The second-order valence-corrected chi connectivity index (χ2v) is 9.69. The molecule has 0 aromatic carbocycles. The highest BCUT2D eigenvalue weighted by Crippen LogP contribution is 2.44. The molecule has 2 amide bonds. The summed E-state index contributed by atoms with van der Waals surface area (Å²) in [6.07, 6.45) is 7.07. The van der Waals surface area contributed by atoms with Gasteiger partial charge in [-0.1, -0.05) is 11.6 Å². The summed E-state index contributed by atoms with van der Waals surface area (Å²) < 4.78 is 5.00. The second kappa shape index (κ2) is 8.13. The summed E-state index contributed by atoms with van der Waals surface area (Å²) in [6.45, 7) is 3.08. The van der Waals surface area contributed by atoms with Crippen molar-refractivity contribution in [3.63, 3.8) is 0 Å². The lowest BCUT2D eigenvalue weighted by molar-refractivity contribution is -0.139. The lowest BCUT2D eigenvalue weighted by Crippen LogP contribution is -2.50. The monoisotopic (exact) mass is 448 g/mol. The number of cyclic esters (lactones) is 1. The SMILES string of the molecule is O=C1OCCN1c1cnc(N2CCC[C@@]3(CCN([C@H]4CC[C@@H](O)CC4)C3=O)C2)c(Cl)c1. The van der Waals surface area contributed by atoms with E-state index in [0.29, 0.717) is 36.2 Å². The van der Waals surface area contributed by atoms with Crippen LogP contribution in [0.1, 0.15) is 44.9 Å². The summed E-state index contributed by atoms with van der Waals surface area (Å²) in [5, 5.41) is 10.3. The Hall–Kier alpha value is -2.06. The summed E-state index contributed by atoms with van der Waals surface area (Å²) in [5.41, 5.74) is 0.252. The van der Waals surface area contributed by atoms with Crippen LogP contribution in [0.15, 0.2) is 12.3 Å². The number of pyridine rings is 1. The minimum absolute atomic E-state index is 0.216. The van der Waals surface area contributed by atoms with E-state index in [1.165, 1.54) is 4.90 Å². The van der Waals surface area contributed by atoms with E-state index in [1.807, 2.05) is 0 Å². The Morgan fingerprint density at radius 1 is 1.13 bits per heavy atom. The molecule has 5 rings (SSSR count). The molecule has 1 spiro atoms. The fourth-order valence-electron chi connectivity index (χ4n) is 5.69. The zero-order chi connectivity index (χ0) is 21.6. The highest BCUT2D eigenvalue weighted by atomic mass is 35.5. The Labute approximate surface area is 187 Å². The second-order valence-electron chi connectivity index (χ2n) is 9.28. The van der Waals surface area contributed by atoms with Crippen molar-refractivity contribution in [1.82, 2.24) is 9.88 Å². The Kier molecular flexibility index (Phi) is 5.46. The molecule has 8 nitrogen and oxygen atoms in total. The minimum atomic E-state index is -0.380. The Bertz CT molecular complexity index is 875. The number of piperidine rings is 1. The van der Waals surface area contributed by atoms with Gasteiger partial charge in [0.05, 0.1) is 35.0 Å². The van der Waals surface area contributed by atoms with E-state index < -0.39 is 0 Å². The molecule has 1 aromatic rings. The number of likely N-dealkylation sites (tertiary alicyclic amines) is 1. The Morgan fingerprint density at radius 3 is 2.65 bits per heavy atom. The van der Waals surface area contributed by atoms with Crippen molar-refractivity contribution in [2.45, 2.75) is 57.1 Å². The van der Waals surface area contributed by atoms with E-state index in [1.54, 1.807) is 12.3 Å².